The number of halogens is 1. The van der Waals surface area contributed by atoms with E-state index in [9.17, 15) is 9.90 Å². The molecule has 9 heteroatoms. The summed E-state index contributed by atoms with van der Waals surface area (Å²) < 4.78 is 8.42. The van der Waals surface area contributed by atoms with Crippen molar-refractivity contribution in [1.29, 1.82) is 0 Å². The van der Waals surface area contributed by atoms with Gasteiger partial charge in [-0.1, -0.05) is 0 Å². The van der Waals surface area contributed by atoms with Crippen molar-refractivity contribution < 1.29 is 14.3 Å². The van der Waals surface area contributed by atoms with Gasteiger partial charge in [0.2, 0.25) is 0 Å². The van der Waals surface area contributed by atoms with Crippen molar-refractivity contribution in [1.82, 2.24) is 19.6 Å². The van der Waals surface area contributed by atoms with Crippen LogP contribution >= 0.6 is 15.9 Å². The standard InChI is InChI=1S/C21H20BrN5O3/c1-10-13-8-24-7-6-15(13)30-18(10)14-9-25-27-19(23)16(22)17(26-20(14)27)11-2-4-12(5-3-11)21(28)29/h6-9,11-12H,2-5,23H2,1H3,(H,28,29)/t11-,12-. The number of carboxylic acids is 1. The number of pyridine rings is 1. The summed E-state index contributed by atoms with van der Waals surface area (Å²) in [5.74, 6) is 0.313. The van der Waals surface area contributed by atoms with Gasteiger partial charge in [-0.2, -0.15) is 9.61 Å². The van der Waals surface area contributed by atoms with Crippen molar-refractivity contribution in [2.45, 2.75) is 38.5 Å². The predicted octanol–water partition coefficient (Wildman–Crippen LogP) is 4.55. The molecule has 4 heterocycles. The fraction of sp³-hybridized carbons (Fsp3) is 0.333. The quantitative estimate of drug-likeness (QED) is 0.451. The van der Waals surface area contributed by atoms with Crippen molar-refractivity contribution in [2.75, 3.05) is 5.73 Å². The minimum Gasteiger partial charge on any atom is -0.481 e. The minimum atomic E-state index is -0.719. The third kappa shape index (κ3) is 2.87. The largest absolute Gasteiger partial charge is 0.481 e. The number of nitrogens with zero attached hydrogens (tertiary/aromatic N) is 4. The van der Waals surface area contributed by atoms with E-state index in [4.69, 9.17) is 15.1 Å². The first-order valence-corrected chi connectivity index (χ1v) is 10.6. The molecule has 0 bridgehead atoms. The number of carbonyl (C=O) groups is 1. The molecule has 0 aliphatic heterocycles. The van der Waals surface area contributed by atoms with Crippen molar-refractivity contribution in [3.63, 3.8) is 0 Å². The lowest BCUT2D eigenvalue weighted by atomic mass is 9.80. The van der Waals surface area contributed by atoms with Crippen LogP contribution in [0.1, 0.15) is 42.9 Å². The molecule has 0 amide bonds. The highest BCUT2D eigenvalue weighted by Gasteiger charge is 2.30. The highest BCUT2D eigenvalue weighted by molar-refractivity contribution is 9.10. The van der Waals surface area contributed by atoms with Gasteiger partial charge in [-0.05, 0) is 54.6 Å². The lowest BCUT2D eigenvalue weighted by molar-refractivity contribution is -0.142. The van der Waals surface area contributed by atoms with Gasteiger partial charge < -0.3 is 15.3 Å². The van der Waals surface area contributed by atoms with Crippen molar-refractivity contribution in [3.05, 3.63) is 40.4 Å². The number of nitrogen functional groups attached to an aromatic ring is 1. The third-order valence-corrected chi connectivity index (χ3v) is 6.91. The second-order valence-corrected chi connectivity index (χ2v) is 8.60. The van der Waals surface area contributed by atoms with Gasteiger partial charge in [0.05, 0.1) is 27.8 Å². The van der Waals surface area contributed by atoms with Crippen LogP contribution in [0.15, 0.2) is 33.5 Å². The molecule has 3 N–H and O–H groups in total. The van der Waals surface area contributed by atoms with Crippen LogP contribution < -0.4 is 5.73 Å². The summed E-state index contributed by atoms with van der Waals surface area (Å²) in [4.78, 5) is 20.4. The van der Waals surface area contributed by atoms with Gasteiger partial charge in [-0.3, -0.25) is 9.78 Å². The molecule has 0 spiro atoms. The molecule has 0 radical (unpaired) electrons. The maximum Gasteiger partial charge on any atom is 0.306 e. The molecule has 0 atom stereocenters. The third-order valence-electron chi connectivity index (χ3n) is 6.09. The fourth-order valence-corrected chi connectivity index (χ4v) is 4.96. The predicted molar refractivity (Wildman–Crippen MR) is 115 cm³/mol. The summed E-state index contributed by atoms with van der Waals surface area (Å²) in [5.41, 5.74) is 10.4. The average molecular weight is 470 g/mol. The summed E-state index contributed by atoms with van der Waals surface area (Å²) in [6.07, 6.45) is 8.00. The molecule has 4 aromatic heterocycles. The number of aliphatic carboxylic acids is 1. The average Bonchev–Trinajstić information content (AvgIpc) is 3.32. The van der Waals surface area contributed by atoms with E-state index in [1.807, 2.05) is 13.0 Å². The Labute approximate surface area is 180 Å². The molecular formula is C21H20BrN5O3. The zero-order valence-corrected chi connectivity index (χ0v) is 17.9. The number of aryl methyl sites for hydroxylation is 1. The number of furan rings is 1. The van der Waals surface area contributed by atoms with Crippen LogP contribution in [0.4, 0.5) is 5.82 Å². The highest BCUT2D eigenvalue weighted by atomic mass is 79.9. The smallest absolute Gasteiger partial charge is 0.306 e. The number of nitrogens with two attached hydrogens (primary N) is 1. The van der Waals surface area contributed by atoms with Crippen LogP contribution in [-0.2, 0) is 4.79 Å². The van der Waals surface area contributed by atoms with E-state index < -0.39 is 5.97 Å². The lowest BCUT2D eigenvalue weighted by Crippen LogP contribution is -2.21. The van der Waals surface area contributed by atoms with E-state index in [0.717, 1.165) is 40.6 Å². The van der Waals surface area contributed by atoms with Crippen LogP contribution in [0.2, 0.25) is 0 Å². The zero-order valence-electron chi connectivity index (χ0n) is 16.3. The van der Waals surface area contributed by atoms with Crippen LogP contribution in [0.5, 0.6) is 0 Å². The number of anilines is 1. The second-order valence-electron chi connectivity index (χ2n) is 7.80. The van der Waals surface area contributed by atoms with Crippen LogP contribution in [0, 0.1) is 12.8 Å². The molecule has 1 aliphatic carbocycles. The van der Waals surface area contributed by atoms with Gasteiger partial charge in [0.15, 0.2) is 5.65 Å². The van der Waals surface area contributed by atoms with Gasteiger partial charge in [0, 0.05) is 29.3 Å². The van der Waals surface area contributed by atoms with E-state index in [0.29, 0.717) is 34.5 Å². The summed E-state index contributed by atoms with van der Waals surface area (Å²) in [5, 5.41) is 14.7. The normalized spacial score (nSPS) is 19.5. The Balaban J connectivity index is 1.62. The summed E-state index contributed by atoms with van der Waals surface area (Å²) in [6.45, 7) is 1.99. The molecular weight excluding hydrogens is 450 g/mol. The Bertz CT molecular complexity index is 1290. The number of fused-ring (bicyclic) bond motifs is 2. The SMILES string of the molecule is Cc1c(-c2cnn3c(N)c(Br)c([C@H]4CC[C@H](C(=O)O)CC4)nc23)oc2ccncc12. The van der Waals surface area contributed by atoms with E-state index in [2.05, 4.69) is 26.0 Å². The zero-order chi connectivity index (χ0) is 21.0. The maximum atomic E-state index is 11.3. The summed E-state index contributed by atoms with van der Waals surface area (Å²) in [7, 11) is 0. The van der Waals surface area contributed by atoms with Crippen LogP contribution in [0.25, 0.3) is 27.9 Å². The highest BCUT2D eigenvalue weighted by Crippen LogP contribution is 2.41. The van der Waals surface area contributed by atoms with Crippen LogP contribution in [-0.4, -0.2) is 30.7 Å². The van der Waals surface area contributed by atoms with Gasteiger partial charge in [0.1, 0.15) is 17.2 Å². The van der Waals surface area contributed by atoms with E-state index in [1.54, 1.807) is 23.1 Å². The summed E-state index contributed by atoms with van der Waals surface area (Å²) in [6, 6.07) is 1.84. The number of rotatable bonds is 3. The number of carboxylic acid groups (broad SMARTS) is 1. The Kier molecular flexibility index (Phi) is 4.50. The first kappa shape index (κ1) is 19.0. The van der Waals surface area contributed by atoms with Gasteiger partial charge in [-0.15, -0.1) is 0 Å². The van der Waals surface area contributed by atoms with Crippen LogP contribution in [0.3, 0.4) is 0 Å². The fourth-order valence-electron chi connectivity index (χ4n) is 4.38. The molecule has 1 fully saturated rings. The molecule has 4 aromatic rings. The van der Waals surface area contributed by atoms with E-state index in [-0.39, 0.29) is 11.8 Å². The molecule has 30 heavy (non-hydrogen) atoms. The Morgan fingerprint density at radius 2 is 2.07 bits per heavy atom. The number of hydrogen-bond donors (Lipinski definition) is 2. The molecule has 8 nitrogen and oxygen atoms in total. The lowest BCUT2D eigenvalue weighted by Gasteiger charge is -2.26. The molecule has 1 saturated carbocycles. The van der Waals surface area contributed by atoms with Crippen molar-refractivity contribution in [2.24, 2.45) is 5.92 Å². The van der Waals surface area contributed by atoms with Crippen molar-refractivity contribution in [3.8, 4) is 11.3 Å². The van der Waals surface area contributed by atoms with E-state index >= 15 is 0 Å². The second kappa shape index (κ2) is 7.09. The monoisotopic (exact) mass is 469 g/mol. The number of hydrogen-bond acceptors (Lipinski definition) is 6. The summed E-state index contributed by atoms with van der Waals surface area (Å²) >= 11 is 3.59. The van der Waals surface area contributed by atoms with Gasteiger partial charge >= 0.3 is 5.97 Å². The molecule has 0 aromatic carbocycles. The molecule has 154 valence electrons. The Morgan fingerprint density at radius 3 is 2.77 bits per heavy atom. The minimum absolute atomic E-state index is 0.144. The van der Waals surface area contributed by atoms with E-state index in [1.165, 1.54) is 0 Å². The first-order valence-electron chi connectivity index (χ1n) is 9.84. The molecule has 0 saturated heterocycles. The Hall–Kier alpha value is -2.94. The van der Waals surface area contributed by atoms with Gasteiger partial charge in [0.25, 0.3) is 0 Å². The molecule has 5 rings (SSSR count). The molecule has 1 aliphatic rings. The first-order chi connectivity index (χ1) is 14.5. The molecule has 0 unspecified atom stereocenters. The Morgan fingerprint density at radius 1 is 1.30 bits per heavy atom. The number of aromatic nitrogens is 4. The topological polar surface area (TPSA) is 120 Å². The van der Waals surface area contributed by atoms with Gasteiger partial charge in [-0.25, -0.2) is 4.98 Å². The maximum absolute atomic E-state index is 11.3. The van der Waals surface area contributed by atoms with Crippen molar-refractivity contribution >= 4 is 44.3 Å².